The lowest BCUT2D eigenvalue weighted by Crippen LogP contribution is -2.15. The highest BCUT2D eigenvalue weighted by Gasteiger charge is 2.37. The molecule has 0 radical (unpaired) electrons. The Kier molecular flexibility index (Phi) is 2.87. The lowest BCUT2D eigenvalue weighted by Gasteiger charge is -2.21. The first-order valence-corrected chi connectivity index (χ1v) is 8.60. The standard InChI is InChI=1S/C23H18N2/c1-23(2)19-13-16(15-9-11-24-12-10-15)7-8-17(19)22-18-5-3-4-6-21(18)25-14-20(22)23/h3-14H,1-2H3. The molecule has 0 saturated heterocycles. The van der Waals surface area contributed by atoms with Gasteiger partial charge in [0, 0.05) is 29.4 Å². The number of fused-ring (bicyclic) bond motifs is 5. The van der Waals surface area contributed by atoms with Crippen LogP contribution in [-0.4, -0.2) is 9.97 Å². The van der Waals surface area contributed by atoms with Crippen LogP contribution in [0.15, 0.2) is 73.2 Å². The molecule has 120 valence electrons. The van der Waals surface area contributed by atoms with Gasteiger partial charge in [0.1, 0.15) is 0 Å². The summed E-state index contributed by atoms with van der Waals surface area (Å²) in [6.45, 7) is 4.59. The minimum Gasteiger partial charge on any atom is -0.265 e. The number of hydrogen-bond donors (Lipinski definition) is 0. The van der Waals surface area contributed by atoms with E-state index in [1.54, 1.807) is 0 Å². The molecule has 0 N–H and O–H groups in total. The number of hydrogen-bond acceptors (Lipinski definition) is 2. The van der Waals surface area contributed by atoms with Gasteiger partial charge in [-0.1, -0.05) is 44.2 Å². The smallest absolute Gasteiger partial charge is 0.0708 e. The third-order valence-electron chi connectivity index (χ3n) is 5.42. The predicted octanol–water partition coefficient (Wildman–Crippen LogP) is 5.60. The van der Waals surface area contributed by atoms with E-state index in [0.29, 0.717) is 0 Å². The minimum atomic E-state index is -0.0509. The van der Waals surface area contributed by atoms with Crippen LogP contribution < -0.4 is 0 Å². The molecule has 25 heavy (non-hydrogen) atoms. The van der Waals surface area contributed by atoms with Crippen molar-refractivity contribution in [2.75, 3.05) is 0 Å². The van der Waals surface area contributed by atoms with Gasteiger partial charge < -0.3 is 0 Å². The fraction of sp³-hybridized carbons (Fsp3) is 0.130. The molecular weight excluding hydrogens is 304 g/mol. The third-order valence-corrected chi connectivity index (χ3v) is 5.42. The summed E-state index contributed by atoms with van der Waals surface area (Å²) in [6.07, 6.45) is 5.75. The molecule has 5 rings (SSSR count). The third kappa shape index (κ3) is 1.97. The number of rotatable bonds is 1. The summed E-state index contributed by atoms with van der Waals surface area (Å²) in [6, 6.07) is 19.4. The summed E-state index contributed by atoms with van der Waals surface area (Å²) in [7, 11) is 0. The minimum absolute atomic E-state index is 0.0509. The van der Waals surface area contributed by atoms with Crippen LogP contribution in [0.5, 0.6) is 0 Å². The predicted molar refractivity (Wildman–Crippen MR) is 103 cm³/mol. The van der Waals surface area contributed by atoms with Crippen molar-refractivity contribution in [2.45, 2.75) is 19.3 Å². The van der Waals surface area contributed by atoms with Crippen molar-refractivity contribution < 1.29 is 0 Å². The molecule has 2 aromatic carbocycles. The maximum Gasteiger partial charge on any atom is 0.0708 e. The molecule has 2 aromatic heterocycles. The average molecular weight is 322 g/mol. The van der Waals surface area contributed by atoms with Gasteiger partial charge in [0.15, 0.2) is 0 Å². The summed E-state index contributed by atoms with van der Waals surface area (Å²) in [5, 5.41) is 1.24. The number of aromatic nitrogens is 2. The van der Waals surface area contributed by atoms with Crippen molar-refractivity contribution in [3.63, 3.8) is 0 Å². The van der Waals surface area contributed by atoms with Crippen LogP contribution in [0.1, 0.15) is 25.0 Å². The molecule has 1 aliphatic carbocycles. The van der Waals surface area contributed by atoms with Gasteiger partial charge in [-0.25, -0.2) is 0 Å². The van der Waals surface area contributed by atoms with Gasteiger partial charge in [0.25, 0.3) is 0 Å². The molecule has 2 heteroatoms. The zero-order valence-electron chi connectivity index (χ0n) is 14.3. The summed E-state index contributed by atoms with van der Waals surface area (Å²) in [4.78, 5) is 8.83. The molecule has 0 spiro atoms. The summed E-state index contributed by atoms with van der Waals surface area (Å²) >= 11 is 0. The Morgan fingerprint density at radius 2 is 1.60 bits per heavy atom. The van der Waals surface area contributed by atoms with Crippen molar-refractivity contribution in [1.82, 2.24) is 9.97 Å². The molecule has 0 fully saturated rings. The second-order valence-corrected chi connectivity index (χ2v) is 7.19. The fourth-order valence-electron chi connectivity index (χ4n) is 4.05. The summed E-state index contributed by atoms with van der Waals surface area (Å²) < 4.78 is 0. The molecule has 0 aliphatic heterocycles. The maximum atomic E-state index is 4.70. The van der Waals surface area contributed by atoms with Crippen molar-refractivity contribution in [1.29, 1.82) is 0 Å². The van der Waals surface area contributed by atoms with E-state index in [-0.39, 0.29) is 5.41 Å². The van der Waals surface area contributed by atoms with Crippen molar-refractivity contribution in [3.8, 4) is 22.3 Å². The molecule has 0 atom stereocenters. The SMILES string of the molecule is CC1(C)c2cc(-c3ccncc3)ccc2-c2c1cnc1ccccc21. The number of para-hydroxylation sites is 1. The van der Waals surface area contributed by atoms with E-state index in [9.17, 15) is 0 Å². The zero-order valence-corrected chi connectivity index (χ0v) is 14.3. The first kappa shape index (κ1) is 14.4. The molecule has 0 bridgehead atoms. The first-order chi connectivity index (χ1) is 12.2. The highest BCUT2D eigenvalue weighted by atomic mass is 14.7. The molecule has 4 aromatic rings. The van der Waals surface area contributed by atoms with Gasteiger partial charge in [0.2, 0.25) is 0 Å². The summed E-state index contributed by atoms with van der Waals surface area (Å²) in [5.41, 5.74) is 8.80. The molecular formula is C23H18N2. The lowest BCUT2D eigenvalue weighted by atomic mass is 9.82. The lowest BCUT2D eigenvalue weighted by molar-refractivity contribution is 0.658. The maximum absolute atomic E-state index is 4.70. The van der Waals surface area contributed by atoms with Gasteiger partial charge in [-0.3, -0.25) is 9.97 Å². The number of nitrogens with zero attached hydrogens (tertiary/aromatic N) is 2. The Morgan fingerprint density at radius 3 is 2.44 bits per heavy atom. The Morgan fingerprint density at radius 1 is 0.800 bits per heavy atom. The number of benzene rings is 2. The normalized spacial score (nSPS) is 14.3. The van der Waals surface area contributed by atoms with Gasteiger partial charge in [-0.05, 0) is 57.6 Å². The quantitative estimate of drug-likeness (QED) is 0.455. The summed E-state index contributed by atoms with van der Waals surface area (Å²) in [5.74, 6) is 0. The van der Waals surface area contributed by atoms with E-state index in [1.165, 1.54) is 38.8 Å². The Hall–Kier alpha value is -3.00. The molecule has 0 amide bonds. The van der Waals surface area contributed by atoms with Crippen LogP contribution in [0.4, 0.5) is 0 Å². The Balaban J connectivity index is 1.81. The van der Waals surface area contributed by atoms with Gasteiger partial charge in [0.05, 0.1) is 5.52 Å². The Bertz CT molecular complexity index is 1110. The molecule has 0 saturated carbocycles. The highest BCUT2D eigenvalue weighted by Crippen LogP contribution is 2.51. The topological polar surface area (TPSA) is 25.8 Å². The molecule has 2 heterocycles. The van der Waals surface area contributed by atoms with E-state index < -0.39 is 0 Å². The van der Waals surface area contributed by atoms with E-state index in [2.05, 4.69) is 79.6 Å². The number of pyridine rings is 2. The second-order valence-electron chi connectivity index (χ2n) is 7.19. The van der Waals surface area contributed by atoms with Crippen LogP contribution in [-0.2, 0) is 5.41 Å². The van der Waals surface area contributed by atoms with Crippen LogP contribution in [0.2, 0.25) is 0 Å². The van der Waals surface area contributed by atoms with Crippen LogP contribution in [0, 0.1) is 0 Å². The Labute approximate surface area is 147 Å². The van der Waals surface area contributed by atoms with E-state index in [1.807, 2.05) is 12.4 Å². The second kappa shape index (κ2) is 5.00. The monoisotopic (exact) mass is 322 g/mol. The fourth-order valence-corrected chi connectivity index (χ4v) is 4.05. The first-order valence-electron chi connectivity index (χ1n) is 8.60. The molecule has 1 aliphatic rings. The van der Waals surface area contributed by atoms with E-state index in [4.69, 9.17) is 4.98 Å². The van der Waals surface area contributed by atoms with Crippen molar-refractivity contribution >= 4 is 10.9 Å². The van der Waals surface area contributed by atoms with Gasteiger partial charge in [-0.2, -0.15) is 0 Å². The van der Waals surface area contributed by atoms with Crippen molar-refractivity contribution in [3.05, 3.63) is 84.3 Å². The largest absolute Gasteiger partial charge is 0.265 e. The van der Waals surface area contributed by atoms with Crippen molar-refractivity contribution in [2.24, 2.45) is 0 Å². The van der Waals surface area contributed by atoms with E-state index >= 15 is 0 Å². The van der Waals surface area contributed by atoms with Crippen LogP contribution >= 0.6 is 0 Å². The molecule has 2 nitrogen and oxygen atoms in total. The van der Waals surface area contributed by atoms with E-state index in [0.717, 1.165) is 5.52 Å². The zero-order chi connectivity index (χ0) is 17.0. The van der Waals surface area contributed by atoms with Crippen LogP contribution in [0.3, 0.4) is 0 Å². The average Bonchev–Trinajstić information content (AvgIpc) is 2.90. The molecule has 0 unspecified atom stereocenters. The van der Waals surface area contributed by atoms with Crippen LogP contribution in [0.25, 0.3) is 33.2 Å². The highest BCUT2D eigenvalue weighted by molar-refractivity contribution is 6.00. The van der Waals surface area contributed by atoms with Gasteiger partial charge in [-0.15, -0.1) is 0 Å². The van der Waals surface area contributed by atoms with Gasteiger partial charge >= 0.3 is 0 Å².